The monoisotopic (exact) mass is 293 g/mol. The first kappa shape index (κ1) is 14.5. The lowest BCUT2D eigenvalue weighted by atomic mass is 9.81. The predicted octanol–water partition coefficient (Wildman–Crippen LogP) is 3.13. The van der Waals surface area contributed by atoms with Crippen LogP contribution in [-0.2, 0) is 6.54 Å². The topological polar surface area (TPSA) is 28.2 Å². The molecule has 1 saturated carbocycles. The van der Waals surface area contributed by atoms with E-state index in [1.54, 1.807) is 11.3 Å². The molecule has 0 aromatic carbocycles. The van der Waals surface area contributed by atoms with Gasteiger partial charge in [-0.25, -0.2) is 0 Å². The molecule has 0 spiro atoms. The fourth-order valence-corrected chi connectivity index (χ4v) is 3.99. The number of thiazole rings is 1. The van der Waals surface area contributed by atoms with E-state index >= 15 is 0 Å². The van der Waals surface area contributed by atoms with E-state index in [9.17, 15) is 0 Å². The van der Waals surface area contributed by atoms with Crippen molar-refractivity contribution in [3.63, 3.8) is 0 Å². The first-order valence-corrected chi connectivity index (χ1v) is 8.63. The maximum atomic E-state index is 4.24. The van der Waals surface area contributed by atoms with Gasteiger partial charge in [-0.3, -0.25) is 9.88 Å². The quantitative estimate of drug-likeness (QED) is 0.928. The van der Waals surface area contributed by atoms with E-state index in [-0.39, 0.29) is 0 Å². The molecular weight excluding hydrogens is 266 g/mol. The van der Waals surface area contributed by atoms with Crippen molar-refractivity contribution >= 4 is 11.3 Å². The van der Waals surface area contributed by atoms with E-state index in [0.29, 0.717) is 17.0 Å². The summed E-state index contributed by atoms with van der Waals surface area (Å²) < 4.78 is 0. The van der Waals surface area contributed by atoms with Gasteiger partial charge in [-0.15, -0.1) is 11.3 Å². The van der Waals surface area contributed by atoms with Crippen LogP contribution in [0.15, 0.2) is 11.7 Å². The zero-order chi connectivity index (χ0) is 14.4. The molecule has 20 heavy (non-hydrogen) atoms. The second-order valence-electron chi connectivity index (χ2n) is 7.78. The molecular formula is C16H27N3S. The first-order chi connectivity index (χ1) is 9.39. The Labute approximate surface area is 126 Å². The second kappa shape index (κ2) is 5.08. The van der Waals surface area contributed by atoms with Gasteiger partial charge in [0.2, 0.25) is 0 Å². The van der Waals surface area contributed by atoms with Gasteiger partial charge in [0.1, 0.15) is 0 Å². The third-order valence-electron chi connectivity index (χ3n) is 5.16. The van der Waals surface area contributed by atoms with E-state index in [1.807, 2.05) is 11.7 Å². The molecule has 112 valence electrons. The number of nitrogens with one attached hydrogen (secondary N) is 1. The number of rotatable bonds is 3. The van der Waals surface area contributed by atoms with Crippen molar-refractivity contribution in [3.05, 3.63) is 16.6 Å². The minimum absolute atomic E-state index is 0.316. The van der Waals surface area contributed by atoms with Crippen LogP contribution < -0.4 is 5.32 Å². The van der Waals surface area contributed by atoms with Crippen LogP contribution in [0.1, 0.15) is 45.4 Å². The van der Waals surface area contributed by atoms with Gasteiger partial charge in [0.15, 0.2) is 0 Å². The van der Waals surface area contributed by atoms with E-state index < -0.39 is 0 Å². The minimum Gasteiger partial charge on any atom is -0.310 e. The highest BCUT2D eigenvalue weighted by Gasteiger charge is 2.49. The summed E-state index contributed by atoms with van der Waals surface area (Å²) in [4.78, 5) is 8.36. The van der Waals surface area contributed by atoms with Crippen LogP contribution in [0.4, 0.5) is 0 Å². The number of aromatic nitrogens is 1. The zero-order valence-corrected chi connectivity index (χ0v) is 14.0. The lowest BCUT2D eigenvalue weighted by Gasteiger charge is -2.51. The van der Waals surface area contributed by atoms with E-state index in [1.165, 1.54) is 17.7 Å². The van der Waals surface area contributed by atoms with Crippen LogP contribution in [0.2, 0.25) is 0 Å². The number of hydrogen-bond acceptors (Lipinski definition) is 4. The van der Waals surface area contributed by atoms with Crippen LogP contribution >= 0.6 is 11.3 Å². The number of nitrogens with zero attached hydrogens (tertiary/aromatic N) is 2. The first-order valence-electron chi connectivity index (χ1n) is 7.75. The minimum atomic E-state index is 0.316. The van der Waals surface area contributed by atoms with Gasteiger partial charge in [0.05, 0.1) is 5.51 Å². The molecule has 1 saturated heterocycles. The molecule has 1 aromatic rings. The lowest BCUT2D eigenvalue weighted by molar-refractivity contribution is 0.00485. The van der Waals surface area contributed by atoms with E-state index in [4.69, 9.17) is 0 Å². The van der Waals surface area contributed by atoms with Crippen molar-refractivity contribution in [2.75, 3.05) is 13.1 Å². The average Bonchev–Trinajstić information content (AvgIpc) is 3.11. The maximum Gasteiger partial charge on any atom is 0.0794 e. The maximum absolute atomic E-state index is 4.24. The smallest absolute Gasteiger partial charge is 0.0794 e. The Morgan fingerprint density at radius 2 is 2.20 bits per heavy atom. The van der Waals surface area contributed by atoms with Crippen LogP contribution in [0.5, 0.6) is 0 Å². The molecule has 1 N–H and O–H groups in total. The Hall–Kier alpha value is -0.450. The largest absolute Gasteiger partial charge is 0.310 e. The van der Waals surface area contributed by atoms with Gasteiger partial charge >= 0.3 is 0 Å². The predicted molar refractivity (Wildman–Crippen MR) is 84.9 cm³/mol. The van der Waals surface area contributed by atoms with Crippen LogP contribution in [0.25, 0.3) is 0 Å². The average molecular weight is 293 g/mol. The molecule has 2 fully saturated rings. The van der Waals surface area contributed by atoms with E-state index in [0.717, 1.165) is 25.6 Å². The Kier molecular flexibility index (Phi) is 3.68. The highest BCUT2D eigenvalue weighted by molar-refractivity contribution is 7.09. The van der Waals surface area contributed by atoms with Gasteiger partial charge in [0, 0.05) is 42.3 Å². The van der Waals surface area contributed by atoms with Gasteiger partial charge in [-0.05, 0) is 31.1 Å². The van der Waals surface area contributed by atoms with Crippen LogP contribution in [0, 0.1) is 11.3 Å². The molecule has 2 unspecified atom stereocenters. The summed E-state index contributed by atoms with van der Waals surface area (Å²) in [6, 6.07) is 0.572. The summed E-state index contributed by atoms with van der Waals surface area (Å²) in [5, 5.41) is 3.83. The molecule has 3 nitrogen and oxygen atoms in total. The SMILES string of the molecule is CC(C)(C)C1CN(Cc2cncs2)C(C)(C2CC2)CN1. The molecule has 1 aliphatic heterocycles. The molecule has 2 aliphatic rings. The molecule has 1 aliphatic carbocycles. The van der Waals surface area contributed by atoms with Gasteiger partial charge in [0.25, 0.3) is 0 Å². The second-order valence-corrected chi connectivity index (χ2v) is 8.75. The van der Waals surface area contributed by atoms with Gasteiger partial charge < -0.3 is 5.32 Å². The van der Waals surface area contributed by atoms with Crippen molar-refractivity contribution in [1.29, 1.82) is 0 Å². The summed E-state index contributed by atoms with van der Waals surface area (Å²) in [7, 11) is 0. The summed E-state index contributed by atoms with van der Waals surface area (Å²) in [5.74, 6) is 0.879. The summed E-state index contributed by atoms with van der Waals surface area (Å²) in [6.07, 6.45) is 4.83. The van der Waals surface area contributed by atoms with Crippen LogP contribution in [0.3, 0.4) is 0 Å². The van der Waals surface area contributed by atoms with Crippen molar-refractivity contribution in [2.24, 2.45) is 11.3 Å². The Morgan fingerprint density at radius 3 is 2.75 bits per heavy atom. The fraction of sp³-hybridized carbons (Fsp3) is 0.812. The zero-order valence-electron chi connectivity index (χ0n) is 13.1. The fourth-order valence-electron chi connectivity index (χ4n) is 3.38. The molecule has 2 atom stereocenters. The molecule has 1 aromatic heterocycles. The molecule has 0 radical (unpaired) electrons. The Balaban J connectivity index is 1.79. The Bertz CT molecular complexity index is 447. The molecule has 0 bridgehead atoms. The van der Waals surface area contributed by atoms with Crippen molar-refractivity contribution in [2.45, 2.75) is 58.7 Å². The van der Waals surface area contributed by atoms with Gasteiger partial charge in [-0.2, -0.15) is 0 Å². The normalized spacial score (nSPS) is 32.5. The number of piperazine rings is 1. The third-order valence-corrected chi connectivity index (χ3v) is 5.93. The van der Waals surface area contributed by atoms with Crippen molar-refractivity contribution in [1.82, 2.24) is 15.2 Å². The Morgan fingerprint density at radius 1 is 1.45 bits per heavy atom. The summed E-state index contributed by atoms with van der Waals surface area (Å²) in [6.45, 7) is 12.8. The molecule has 0 amide bonds. The molecule has 2 heterocycles. The standard InChI is InChI=1S/C16H27N3S/c1-15(2,3)14-9-19(8-13-7-17-11-20-13)16(4,10-18-14)12-5-6-12/h7,11-12,14,18H,5-6,8-10H2,1-4H3. The van der Waals surface area contributed by atoms with Crippen molar-refractivity contribution < 1.29 is 0 Å². The highest BCUT2D eigenvalue weighted by Crippen LogP contribution is 2.45. The van der Waals surface area contributed by atoms with Crippen LogP contribution in [-0.4, -0.2) is 34.6 Å². The highest BCUT2D eigenvalue weighted by atomic mass is 32.1. The lowest BCUT2D eigenvalue weighted by Crippen LogP contribution is -2.66. The number of hydrogen-bond donors (Lipinski definition) is 1. The molecule has 3 rings (SSSR count). The summed E-state index contributed by atoms with van der Waals surface area (Å²) >= 11 is 1.78. The van der Waals surface area contributed by atoms with E-state index in [2.05, 4.69) is 42.9 Å². The third kappa shape index (κ3) is 2.78. The molecule has 4 heteroatoms. The van der Waals surface area contributed by atoms with Crippen molar-refractivity contribution in [3.8, 4) is 0 Å². The summed E-state index contributed by atoms with van der Waals surface area (Å²) in [5.41, 5.74) is 2.59. The van der Waals surface area contributed by atoms with Gasteiger partial charge in [-0.1, -0.05) is 20.8 Å².